The molecule has 2 fully saturated rings. The molecule has 1 atom stereocenters. The van der Waals surface area contributed by atoms with E-state index in [1.807, 2.05) is 0 Å². The summed E-state index contributed by atoms with van der Waals surface area (Å²) >= 11 is 6.01. The Morgan fingerprint density at radius 2 is 1.90 bits per heavy atom. The van der Waals surface area contributed by atoms with E-state index in [0.29, 0.717) is 42.5 Å². The molecule has 1 aromatic heterocycles. The maximum atomic E-state index is 13.4. The van der Waals surface area contributed by atoms with Gasteiger partial charge in [-0.1, -0.05) is 23.7 Å². The Morgan fingerprint density at radius 1 is 1.19 bits per heavy atom. The fourth-order valence-electron chi connectivity index (χ4n) is 4.54. The van der Waals surface area contributed by atoms with Crippen LogP contribution in [0.3, 0.4) is 0 Å². The van der Waals surface area contributed by atoms with E-state index >= 15 is 0 Å². The summed E-state index contributed by atoms with van der Waals surface area (Å²) in [6.45, 7) is 0.588. The molecule has 1 amide bonds. The second-order valence-electron chi connectivity index (χ2n) is 8.07. The van der Waals surface area contributed by atoms with Gasteiger partial charge in [0.25, 0.3) is 0 Å². The summed E-state index contributed by atoms with van der Waals surface area (Å²) in [5, 5.41) is 0.237. The molecular formula is C21H16ClF3N2O4. The Morgan fingerprint density at radius 3 is 2.55 bits per heavy atom. The van der Waals surface area contributed by atoms with Crippen molar-refractivity contribution in [2.24, 2.45) is 0 Å². The Bertz CT molecular complexity index is 1090. The Labute approximate surface area is 179 Å². The lowest BCUT2D eigenvalue weighted by molar-refractivity contribution is -0.274. The summed E-state index contributed by atoms with van der Waals surface area (Å²) in [4.78, 5) is 31.2. The Balaban J connectivity index is 1.36. The van der Waals surface area contributed by atoms with Crippen LogP contribution in [-0.4, -0.2) is 41.2 Å². The fraction of sp³-hybridized carbons (Fsp3) is 0.381. The molecule has 0 N–H and O–H groups in total. The van der Waals surface area contributed by atoms with Crippen molar-refractivity contribution in [2.45, 2.75) is 36.6 Å². The van der Waals surface area contributed by atoms with Crippen molar-refractivity contribution in [2.75, 3.05) is 13.1 Å². The number of nitrogens with zero attached hydrogens (tertiary/aromatic N) is 2. The van der Waals surface area contributed by atoms with Crippen LogP contribution in [0.1, 0.15) is 40.7 Å². The topological polar surface area (TPSA) is 68.7 Å². The number of hydrogen-bond acceptors (Lipinski definition) is 5. The monoisotopic (exact) mass is 452 g/mol. The van der Waals surface area contributed by atoms with E-state index in [1.165, 1.54) is 30.5 Å². The molecule has 3 aliphatic rings. The first-order valence-corrected chi connectivity index (χ1v) is 10.0. The number of rotatable bonds is 3. The number of esters is 1. The van der Waals surface area contributed by atoms with E-state index in [4.69, 9.17) is 16.3 Å². The van der Waals surface area contributed by atoms with Gasteiger partial charge in [0.05, 0.1) is 17.5 Å². The van der Waals surface area contributed by atoms with Gasteiger partial charge in [0.2, 0.25) is 5.91 Å². The van der Waals surface area contributed by atoms with Gasteiger partial charge in [-0.25, -0.2) is 9.78 Å². The number of carbonyl (C=O) groups is 2. The highest BCUT2D eigenvalue weighted by atomic mass is 35.5. The second-order valence-corrected chi connectivity index (χ2v) is 8.45. The van der Waals surface area contributed by atoms with Crippen LogP contribution >= 0.6 is 11.6 Å². The van der Waals surface area contributed by atoms with Gasteiger partial charge in [-0.05, 0) is 36.6 Å². The van der Waals surface area contributed by atoms with E-state index in [-0.39, 0.29) is 23.4 Å². The van der Waals surface area contributed by atoms with Crippen LogP contribution in [0.4, 0.5) is 13.2 Å². The highest BCUT2D eigenvalue weighted by Gasteiger charge is 2.58. The first-order chi connectivity index (χ1) is 14.6. The molecule has 2 aliphatic heterocycles. The molecule has 1 unspecified atom stereocenters. The second kappa shape index (κ2) is 6.59. The molecule has 162 valence electrons. The van der Waals surface area contributed by atoms with Gasteiger partial charge < -0.3 is 14.4 Å². The van der Waals surface area contributed by atoms with Gasteiger partial charge in [0.1, 0.15) is 10.9 Å². The Hall–Kier alpha value is -2.81. The number of ether oxygens (including phenoxy) is 2. The molecule has 1 saturated heterocycles. The number of fused-ring (bicyclic) bond motifs is 2. The normalized spacial score (nSPS) is 23.6. The maximum Gasteiger partial charge on any atom is 0.573 e. The van der Waals surface area contributed by atoms with E-state index in [9.17, 15) is 22.8 Å². The summed E-state index contributed by atoms with van der Waals surface area (Å²) in [7, 11) is 0. The highest BCUT2D eigenvalue weighted by molar-refractivity contribution is 6.29. The molecule has 0 bridgehead atoms. The van der Waals surface area contributed by atoms with Crippen molar-refractivity contribution in [1.82, 2.24) is 9.88 Å². The van der Waals surface area contributed by atoms with Gasteiger partial charge in [0, 0.05) is 24.7 Å². The smallest absolute Gasteiger partial charge is 0.449 e. The highest BCUT2D eigenvalue weighted by Crippen LogP contribution is 2.52. The predicted molar refractivity (Wildman–Crippen MR) is 102 cm³/mol. The number of amides is 1. The third-order valence-corrected chi connectivity index (χ3v) is 6.40. The third-order valence-electron chi connectivity index (χ3n) is 6.19. The zero-order chi connectivity index (χ0) is 22.0. The van der Waals surface area contributed by atoms with Crippen LogP contribution < -0.4 is 4.74 Å². The molecule has 5 rings (SSSR count). The van der Waals surface area contributed by atoms with Gasteiger partial charge in [-0.15, -0.1) is 13.2 Å². The molecule has 1 spiro atoms. The number of alkyl halides is 3. The van der Waals surface area contributed by atoms with Crippen LogP contribution in [0.5, 0.6) is 5.75 Å². The number of benzene rings is 1. The maximum absolute atomic E-state index is 13.4. The minimum absolute atomic E-state index is 0.126. The van der Waals surface area contributed by atoms with Crippen molar-refractivity contribution in [3.8, 4) is 5.75 Å². The van der Waals surface area contributed by atoms with Gasteiger partial charge in [-0.3, -0.25) is 4.79 Å². The number of likely N-dealkylation sites (tertiary alicyclic amines) is 1. The van der Waals surface area contributed by atoms with E-state index in [2.05, 4.69) is 9.72 Å². The van der Waals surface area contributed by atoms with E-state index < -0.39 is 23.3 Å². The first-order valence-electron chi connectivity index (χ1n) is 9.67. The Kier molecular flexibility index (Phi) is 4.28. The average Bonchev–Trinajstić information content (AvgIpc) is 3.34. The number of hydrogen-bond donors (Lipinski definition) is 0. The van der Waals surface area contributed by atoms with Crippen LogP contribution in [0.25, 0.3) is 0 Å². The van der Waals surface area contributed by atoms with Crippen LogP contribution in [0.2, 0.25) is 5.15 Å². The summed E-state index contributed by atoms with van der Waals surface area (Å²) < 4.78 is 46.7. The molecule has 1 saturated carbocycles. The van der Waals surface area contributed by atoms with Crippen molar-refractivity contribution in [3.05, 3.63) is 58.4 Å². The van der Waals surface area contributed by atoms with Crippen LogP contribution in [-0.2, 0) is 20.5 Å². The van der Waals surface area contributed by atoms with Gasteiger partial charge in [-0.2, -0.15) is 0 Å². The summed E-state index contributed by atoms with van der Waals surface area (Å²) in [6.07, 6.45) is -1.76. The summed E-state index contributed by atoms with van der Waals surface area (Å²) in [5.74, 6) is -0.951. The molecule has 0 radical (unpaired) electrons. The van der Waals surface area contributed by atoms with Crippen molar-refractivity contribution < 1.29 is 32.2 Å². The van der Waals surface area contributed by atoms with E-state index in [1.54, 1.807) is 11.0 Å². The van der Waals surface area contributed by atoms with Crippen molar-refractivity contribution in [3.63, 3.8) is 0 Å². The molecule has 3 heterocycles. The molecular weight excluding hydrogens is 437 g/mol. The van der Waals surface area contributed by atoms with Gasteiger partial charge >= 0.3 is 12.3 Å². The lowest BCUT2D eigenvalue weighted by Crippen LogP contribution is -2.40. The minimum atomic E-state index is -4.77. The summed E-state index contributed by atoms with van der Waals surface area (Å²) in [5.41, 5.74) is -0.103. The lowest BCUT2D eigenvalue weighted by atomic mass is 9.92. The molecule has 10 heteroatoms. The van der Waals surface area contributed by atoms with Gasteiger partial charge in [0.15, 0.2) is 5.60 Å². The number of carbonyl (C=O) groups excluding carboxylic acids is 2. The lowest BCUT2D eigenvalue weighted by Gasteiger charge is -2.27. The zero-order valence-electron chi connectivity index (χ0n) is 16.0. The SMILES string of the molecule is O=C1OC2(CCN(C(=O)C3(c4ccc(OC(F)(F)F)cc4)CC3)C2)c2cc(Cl)ncc21. The van der Waals surface area contributed by atoms with Crippen molar-refractivity contribution in [1.29, 1.82) is 0 Å². The van der Waals surface area contributed by atoms with E-state index in [0.717, 1.165) is 0 Å². The minimum Gasteiger partial charge on any atom is -0.449 e. The number of aromatic nitrogens is 1. The quantitative estimate of drug-likeness (QED) is 0.521. The molecule has 1 aliphatic carbocycles. The molecule has 2 aromatic rings. The fourth-order valence-corrected chi connectivity index (χ4v) is 4.70. The number of halogens is 4. The van der Waals surface area contributed by atoms with Crippen LogP contribution in [0, 0.1) is 0 Å². The molecule has 1 aromatic carbocycles. The first kappa shape index (κ1) is 20.1. The molecule has 6 nitrogen and oxygen atoms in total. The number of pyridine rings is 1. The van der Waals surface area contributed by atoms with Crippen LogP contribution in [0.15, 0.2) is 36.5 Å². The summed E-state index contributed by atoms with van der Waals surface area (Å²) in [6, 6.07) is 7.02. The predicted octanol–water partition coefficient (Wildman–Crippen LogP) is 3.96. The molecule has 31 heavy (non-hydrogen) atoms. The third kappa shape index (κ3) is 3.31. The average molecular weight is 453 g/mol. The standard InChI is InChI=1S/C21H16ClF3N2O4/c22-16-9-15-14(10-26-16)17(28)31-20(15)7-8-27(11-20)18(29)19(5-6-19)12-1-3-13(4-2-12)30-21(23,24)25/h1-4,9-10H,5-8,11H2. The van der Waals surface area contributed by atoms with Crippen molar-refractivity contribution >= 4 is 23.5 Å². The zero-order valence-corrected chi connectivity index (χ0v) is 16.8. The largest absolute Gasteiger partial charge is 0.573 e.